The van der Waals surface area contributed by atoms with Gasteiger partial charge in [0.1, 0.15) is 0 Å². The van der Waals surface area contributed by atoms with Crippen molar-refractivity contribution in [1.82, 2.24) is 0 Å². The normalized spacial score (nSPS) is 39.2. The Bertz CT molecular complexity index is 451. The Morgan fingerprint density at radius 2 is 0.929 bits per heavy atom. The van der Waals surface area contributed by atoms with Crippen LogP contribution in [-0.2, 0) is 17.7 Å². The molecule has 0 bridgehead atoms. The smallest absolute Gasteiger partial charge is 0.341 e. The number of hydrogen-bond acceptors (Lipinski definition) is 4. The van der Waals surface area contributed by atoms with Gasteiger partial charge in [-0.15, -0.1) is 0 Å². The van der Waals surface area contributed by atoms with E-state index >= 15 is 0 Å². The minimum absolute atomic E-state index is 0.585. The lowest BCUT2D eigenvalue weighted by molar-refractivity contribution is 0.203. The van der Waals surface area contributed by atoms with E-state index in [0.29, 0.717) is 46.6 Å². The van der Waals surface area contributed by atoms with Crippen LogP contribution in [0.4, 0.5) is 0 Å². The largest absolute Gasteiger partial charge is 0.397 e. The van der Waals surface area contributed by atoms with Gasteiger partial charge in [0.2, 0.25) is 0 Å². The summed E-state index contributed by atoms with van der Waals surface area (Å²) >= 11 is 0. The summed E-state index contributed by atoms with van der Waals surface area (Å²) in [4.78, 5) is 0. The van der Waals surface area contributed by atoms with Crippen molar-refractivity contribution >= 4 is 17.1 Å². The van der Waals surface area contributed by atoms with Crippen LogP contribution in [0.25, 0.3) is 0 Å². The first-order valence-corrected chi connectivity index (χ1v) is 15.5. The van der Waals surface area contributed by atoms with E-state index in [4.69, 9.17) is 17.7 Å². The van der Waals surface area contributed by atoms with Crippen molar-refractivity contribution in [3.05, 3.63) is 0 Å². The van der Waals surface area contributed by atoms with E-state index in [0.717, 1.165) is 12.1 Å². The van der Waals surface area contributed by atoms with Gasteiger partial charge >= 0.3 is 17.1 Å². The molecule has 166 valence electrons. The van der Waals surface area contributed by atoms with Gasteiger partial charge in [0.15, 0.2) is 0 Å². The highest BCUT2D eigenvalue weighted by Gasteiger charge is 2.57. The second-order valence-corrected chi connectivity index (χ2v) is 17.3. The SMILES string of the molecule is CO[Si]1(OC)CC(C)C(C)C1CC(C)C(C)CC1C(C)C(C)C[Si]1(OC)OC. The van der Waals surface area contributed by atoms with Crippen LogP contribution in [0.5, 0.6) is 0 Å². The summed E-state index contributed by atoms with van der Waals surface area (Å²) in [7, 11) is 3.31. The summed E-state index contributed by atoms with van der Waals surface area (Å²) in [6.07, 6.45) is 2.43. The average Bonchev–Trinajstić information content (AvgIpc) is 3.08. The highest BCUT2D eigenvalue weighted by Crippen LogP contribution is 2.54. The van der Waals surface area contributed by atoms with Gasteiger partial charge in [0.05, 0.1) is 0 Å². The minimum atomic E-state index is -2.10. The second-order valence-electron chi connectivity index (χ2n) is 10.2. The van der Waals surface area contributed by atoms with E-state index in [1.54, 1.807) is 0 Å². The summed E-state index contributed by atoms with van der Waals surface area (Å²) in [6.45, 7) is 14.4. The van der Waals surface area contributed by atoms with Gasteiger partial charge in [-0.05, 0) is 60.4 Å². The van der Waals surface area contributed by atoms with Crippen LogP contribution in [0.15, 0.2) is 0 Å². The zero-order chi connectivity index (χ0) is 21.3. The van der Waals surface area contributed by atoms with Crippen LogP contribution >= 0.6 is 0 Å². The van der Waals surface area contributed by atoms with Crippen LogP contribution in [0, 0.1) is 35.5 Å². The Balaban J connectivity index is 2.10. The molecule has 2 aliphatic rings. The van der Waals surface area contributed by atoms with E-state index in [9.17, 15) is 0 Å². The first kappa shape index (κ1) is 24.5. The molecule has 0 spiro atoms. The molecule has 8 unspecified atom stereocenters. The third-order valence-corrected chi connectivity index (χ3v) is 18.0. The molecule has 4 nitrogen and oxygen atoms in total. The van der Waals surface area contributed by atoms with Gasteiger partial charge in [-0.2, -0.15) is 0 Å². The molecule has 2 heterocycles. The quantitative estimate of drug-likeness (QED) is 0.432. The molecule has 0 amide bonds. The molecule has 2 saturated heterocycles. The zero-order valence-corrected chi connectivity index (χ0v) is 22.1. The summed E-state index contributed by atoms with van der Waals surface area (Å²) in [5.74, 6) is 4.04. The Hall–Kier alpha value is 0.274. The molecule has 0 radical (unpaired) electrons. The number of hydrogen-bond donors (Lipinski definition) is 0. The standard InChI is InChI=1S/C22H46O4Si2/c1-15(11-21-19(5)17(3)13-27(21,23-7)24-8)16(2)12-22-20(6)18(4)14-28(22,25-9)26-10/h15-22H,11-14H2,1-10H3. The van der Waals surface area contributed by atoms with Crippen molar-refractivity contribution < 1.29 is 17.7 Å². The Labute approximate surface area is 176 Å². The first-order valence-electron chi connectivity index (χ1n) is 11.3. The summed E-state index contributed by atoms with van der Waals surface area (Å²) in [5, 5.41) is 0. The van der Waals surface area contributed by atoms with Crippen molar-refractivity contribution in [2.75, 3.05) is 28.4 Å². The van der Waals surface area contributed by atoms with Gasteiger partial charge in [-0.1, -0.05) is 41.5 Å². The van der Waals surface area contributed by atoms with Crippen molar-refractivity contribution in [2.45, 2.75) is 77.6 Å². The molecule has 28 heavy (non-hydrogen) atoms. The van der Waals surface area contributed by atoms with Crippen LogP contribution in [0.1, 0.15) is 54.4 Å². The van der Waals surface area contributed by atoms with Crippen LogP contribution in [0.2, 0.25) is 23.2 Å². The molecule has 8 atom stereocenters. The molecule has 2 fully saturated rings. The van der Waals surface area contributed by atoms with Gasteiger partial charge < -0.3 is 17.7 Å². The molecule has 2 aliphatic heterocycles. The fourth-order valence-electron chi connectivity index (χ4n) is 6.33. The fraction of sp³-hybridized carbons (Fsp3) is 1.00. The van der Waals surface area contributed by atoms with Crippen molar-refractivity contribution in [3.8, 4) is 0 Å². The van der Waals surface area contributed by atoms with Crippen molar-refractivity contribution in [3.63, 3.8) is 0 Å². The van der Waals surface area contributed by atoms with E-state index < -0.39 is 17.1 Å². The summed E-state index contributed by atoms with van der Waals surface area (Å²) in [5.41, 5.74) is 1.17. The third kappa shape index (κ3) is 4.33. The molecule has 0 saturated carbocycles. The Morgan fingerprint density at radius 3 is 1.18 bits per heavy atom. The molecular formula is C22H46O4Si2. The molecule has 0 aromatic carbocycles. The van der Waals surface area contributed by atoms with Gasteiger partial charge in [0, 0.05) is 39.5 Å². The molecular weight excluding hydrogens is 384 g/mol. The zero-order valence-electron chi connectivity index (χ0n) is 20.1. The molecule has 0 aliphatic carbocycles. The lowest BCUT2D eigenvalue weighted by Gasteiger charge is -2.37. The molecule has 6 heteroatoms. The third-order valence-electron chi connectivity index (χ3n) is 9.01. The van der Waals surface area contributed by atoms with E-state index in [-0.39, 0.29) is 0 Å². The topological polar surface area (TPSA) is 36.9 Å². The van der Waals surface area contributed by atoms with Crippen LogP contribution in [0.3, 0.4) is 0 Å². The Kier molecular flexibility index (Phi) is 8.42. The van der Waals surface area contributed by atoms with Gasteiger partial charge in [0.25, 0.3) is 0 Å². The highest BCUT2D eigenvalue weighted by molar-refractivity contribution is 6.70. The van der Waals surface area contributed by atoms with Crippen molar-refractivity contribution in [2.24, 2.45) is 35.5 Å². The predicted molar refractivity (Wildman–Crippen MR) is 121 cm³/mol. The van der Waals surface area contributed by atoms with Gasteiger partial charge in [-0.25, -0.2) is 0 Å². The summed E-state index contributed by atoms with van der Waals surface area (Å²) < 4.78 is 24.4. The van der Waals surface area contributed by atoms with E-state index in [1.165, 1.54) is 12.8 Å². The van der Waals surface area contributed by atoms with E-state index in [2.05, 4.69) is 41.5 Å². The average molecular weight is 431 g/mol. The maximum absolute atomic E-state index is 6.10. The fourth-order valence-corrected chi connectivity index (χ4v) is 15.4. The lowest BCUT2D eigenvalue weighted by atomic mass is 9.81. The van der Waals surface area contributed by atoms with E-state index in [1.807, 2.05) is 28.4 Å². The monoisotopic (exact) mass is 430 g/mol. The maximum atomic E-state index is 6.10. The predicted octanol–water partition coefficient (Wildman–Crippen LogP) is 5.82. The Morgan fingerprint density at radius 1 is 0.643 bits per heavy atom. The maximum Gasteiger partial charge on any atom is 0.341 e. The minimum Gasteiger partial charge on any atom is -0.397 e. The van der Waals surface area contributed by atoms with Crippen LogP contribution in [-0.4, -0.2) is 45.6 Å². The second kappa shape index (κ2) is 9.60. The first-order chi connectivity index (χ1) is 13.1. The lowest BCUT2D eigenvalue weighted by Crippen LogP contribution is -2.44. The van der Waals surface area contributed by atoms with Gasteiger partial charge in [-0.3, -0.25) is 0 Å². The highest BCUT2D eigenvalue weighted by atomic mass is 28.4. The molecule has 0 aromatic heterocycles. The molecule has 0 aromatic rings. The van der Waals surface area contributed by atoms with Crippen molar-refractivity contribution in [1.29, 1.82) is 0 Å². The molecule has 0 N–H and O–H groups in total. The van der Waals surface area contributed by atoms with Crippen LogP contribution < -0.4 is 0 Å². The summed E-state index contributed by atoms with van der Waals surface area (Å²) in [6, 6.07) is 2.26. The number of rotatable bonds is 9. The molecule has 2 rings (SSSR count).